The summed E-state index contributed by atoms with van der Waals surface area (Å²) < 4.78 is 5.38. The topological polar surface area (TPSA) is 84.2 Å². The second-order valence-electron chi connectivity index (χ2n) is 6.97. The highest BCUT2D eigenvalue weighted by Gasteiger charge is 2.36. The maximum atomic E-state index is 12.3. The Morgan fingerprint density at radius 2 is 2.12 bits per heavy atom. The van der Waals surface area contributed by atoms with Gasteiger partial charge in [0.25, 0.3) is 0 Å². The zero-order valence-corrected chi connectivity index (χ0v) is 14.2. The van der Waals surface area contributed by atoms with Crippen LogP contribution in [0.1, 0.15) is 55.3 Å². The number of carbonyl (C=O) groups is 1. The average Bonchev–Trinajstić information content (AvgIpc) is 3.03. The number of urea groups is 1. The van der Waals surface area contributed by atoms with Crippen LogP contribution in [0.3, 0.4) is 0 Å². The lowest BCUT2D eigenvalue weighted by Gasteiger charge is -2.38. The first-order valence-corrected chi connectivity index (χ1v) is 9.05. The lowest BCUT2D eigenvalue weighted by Crippen LogP contribution is -2.54. The lowest BCUT2D eigenvalue weighted by molar-refractivity contribution is 0.132. The minimum Gasteiger partial charge on any atom is -0.339 e. The van der Waals surface area contributed by atoms with Gasteiger partial charge >= 0.3 is 6.03 Å². The van der Waals surface area contributed by atoms with Crippen LogP contribution in [0.5, 0.6) is 0 Å². The van der Waals surface area contributed by atoms with Crippen molar-refractivity contribution in [2.75, 3.05) is 13.1 Å². The van der Waals surface area contributed by atoms with Gasteiger partial charge < -0.3 is 14.7 Å². The summed E-state index contributed by atoms with van der Waals surface area (Å²) in [5.74, 6) is 1.43. The summed E-state index contributed by atoms with van der Waals surface area (Å²) in [6.07, 6.45) is 10.1. The van der Waals surface area contributed by atoms with Gasteiger partial charge in [0.15, 0.2) is 5.82 Å². The summed E-state index contributed by atoms with van der Waals surface area (Å²) in [6.45, 7) is 1.29. The maximum Gasteiger partial charge on any atom is 0.317 e. The van der Waals surface area contributed by atoms with Gasteiger partial charge in [0.05, 0.1) is 5.92 Å². The summed E-state index contributed by atoms with van der Waals surface area (Å²) in [5.41, 5.74) is 1.05. The molecule has 1 saturated heterocycles. The zero-order chi connectivity index (χ0) is 17.1. The normalized spacial score (nSPS) is 18.8. The van der Waals surface area contributed by atoms with Gasteiger partial charge in [-0.2, -0.15) is 4.98 Å². The van der Waals surface area contributed by atoms with Crippen LogP contribution >= 0.6 is 0 Å². The Kier molecular flexibility index (Phi) is 4.63. The van der Waals surface area contributed by atoms with Crippen molar-refractivity contribution in [1.29, 1.82) is 0 Å². The van der Waals surface area contributed by atoms with Crippen molar-refractivity contribution in [3.8, 4) is 0 Å². The van der Waals surface area contributed by atoms with Crippen LogP contribution in [-0.4, -0.2) is 45.2 Å². The number of carbonyl (C=O) groups excluding carboxylic acids is 1. The smallest absolute Gasteiger partial charge is 0.317 e. The van der Waals surface area contributed by atoms with E-state index in [1.807, 2.05) is 17.0 Å². The van der Waals surface area contributed by atoms with Gasteiger partial charge in [0.1, 0.15) is 0 Å². The van der Waals surface area contributed by atoms with E-state index in [4.69, 9.17) is 4.52 Å². The Balaban J connectivity index is 1.27. The highest BCUT2D eigenvalue weighted by atomic mass is 16.5. The summed E-state index contributed by atoms with van der Waals surface area (Å²) >= 11 is 0. The number of pyridine rings is 1. The summed E-state index contributed by atoms with van der Waals surface area (Å²) in [6, 6.07) is 4.27. The molecule has 0 radical (unpaired) electrons. The number of hydrogen-bond acceptors (Lipinski definition) is 5. The molecule has 0 spiro atoms. The molecule has 2 amide bonds. The van der Waals surface area contributed by atoms with Crippen LogP contribution < -0.4 is 5.32 Å². The Morgan fingerprint density at radius 3 is 2.88 bits per heavy atom. The Hall–Kier alpha value is -2.44. The summed E-state index contributed by atoms with van der Waals surface area (Å²) in [5, 5.41) is 7.19. The molecule has 1 aliphatic heterocycles. The molecule has 7 nitrogen and oxygen atoms in total. The highest BCUT2D eigenvalue weighted by Crippen LogP contribution is 2.26. The van der Waals surface area contributed by atoms with E-state index < -0.39 is 0 Å². The Labute approximate surface area is 146 Å². The van der Waals surface area contributed by atoms with Crippen molar-refractivity contribution in [2.24, 2.45) is 0 Å². The molecule has 2 aromatic heterocycles. The van der Waals surface area contributed by atoms with Gasteiger partial charge in [-0.25, -0.2) is 4.79 Å². The van der Waals surface area contributed by atoms with Gasteiger partial charge in [-0.05, 0) is 24.5 Å². The maximum absolute atomic E-state index is 12.3. The van der Waals surface area contributed by atoms with Crippen LogP contribution in [0.4, 0.5) is 4.79 Å². The van der Waals surface area contributed by atoms with E-state index in [9.17, 15) is 4.79 Å². The third-order valence-corrected chi connectivity index (χ3v) is 5.02. The van der Waals surface area contributed by atoms with Crippen LogP contribution in [0, 0.1) is 0 Å². The van der Waals surface area contributed by atoms with E-state index in [0.717, 1.165) is 18.4 Å². The summed E-state index contributed by atoms with van der Waals surface area (Å²) in [4.78, 5) is 22.6. The van der Waals surface area contributed by atoms with E-state index in [-0.39, 0.29) is 11.9 Å². The van der Waals surface area contributed by atoms with Crippen LogP contribution in [-0.2, 0) is 6.42 Å². The molecule has 2 aliphatic rings. The number of aromatic nitrogens is 3. The molecule has 3 heterocycles. The fraction of sp³-hybridized carbons (Fsp3) is 0.556. The Bertz CT molecular complexity index is 705. The average molecular weight is 341 g/mol. The second-order valence-corrected chi connectivity index (χ2v) is 6.97. The number of rotatable bonds is 4. The van der Waals surface area contributed by atoms with Gasteiger partial charge in [-0.3, -0.25) is 4.98 Å². The molecule has 0 aromatic carbocycles. The SMILES string of the molecule is O=C(NC1CCCCC1)N1CC(c2nc(Cc3cccnc3)no2)C1. The van der Waals surface area contributed by atoms with Crippen molar-refractivity contribution in [2.45, 2.75) is 50.5 Å². The molecule has 1 aliphatic carbocycles. The third kappa shape index (κ3) is 3.81. The van der Waals surface area contributed by atoms with E-state index >= 15 is 0 Å². The fourth-order valence-corrected chi connectivity index (χ4v) is 3.50. The minimum absolute atomic E-state index is 0.0400. The van der Waals surface area contributed by atoms with Gasteiger partial charge in [-0.1, -0.05) is 30.5 Å². The molecule has 7 heteroatoms. The first-order valence-electron chi connectivity index (χ1n) is 9.05. The molecule has 2 aromatic rings. The van der Waals surface area contributed by atoms with Crippen molar-refractivity contribution < 1.29 is 9.32 Å². The molecule has 25 heavy (non-hydrogen) atoms. The van der Waals surface area contributed by atoms with Gasteiger partial charge in [0, 0.05) is 37.9 Å². The fourth-order valence-electron chi connectivity index (χ4n) is 3.50. The molecule has 0 atom stereocenters. The zero-order valence-electron chi connectivity index (χ0n) is 14.2. The number of nitrogens with one attached hydrogen (secondary N) is 1. The number of hydrogen-bond donors (Lipinski definition) is 1. The van der Waals surface area contributed by atoms with E-state index in [2.05, 4.69) is 20.4 Å². The second kappa shape index (κ2) is 7.21. The molecule has 1 N–H and O–H groups in total. The van der Waals surface area contributed by atoms with Gasteiger partial charge in [0.2, 0.25) is 5.89 Å². The molecule has 1 saturated carbocycles. The quantitative estimate of drug-likeness (QED) is 0.923. The number of nitrogens with zero attached hydrogens (tertiary/aromatic N) is 4. The monoisotopic (exact) mass is 341 g/mol. The van der Waals surface area contributed by atoms with E-state index in [1.54, 1.807) is 12.4 Å². The minimum atomic E-state index is 0.0400. The summed E-state index contributed by atoms with van der Waals surface area (Å²) in [7, 11) is 0. The van der Waals surface area contributed by atoms with Crippen LogP contribution in [0.15, 0.2) is 29.0 Å². The first-order chi connectivity index (χ1) is 12.3. The molecule has 0 unspecified atom stereocenters. The predicted octanol–water partition coefficient (Wildman–Crippen LogP) is 2.50. The number of amides is 2. The van der Waals surface area contributed by atoms with E-state index in [0.29, 0.717) is 37.3 Å². The standard InChI is InChI=1S/C18H23N5O2/c24-18(20-15-6-2-1-3-7-15)23-11-14(12-23)17-21-16(22-25-17)9-13-5-4-8-19-10-13/h4-5,8,10,14-15H,1-3,6-7,9,11-12H2,(H,20,24). The van der Waals surface area contributed by atoms with Gasteiger partial charge in [-0.15, -0.1) is 0 Å². The number of likely N-dealkylation sites (tertiary alicyclic amines) is 1. The van der Waals surface area contributed by atoms with E-state index in [1.165, 1.54) is 19.3 Å². The Morgan fingerprint density at radius 1 is 1.28 bits per heavy atom. The molecular weight excluding hydrogens is 318 g/mol. The molecule has 4 rings (SSSR count). The van der Waals surface area contributed by atoms with Crippen molar-refractivity contribution in [1.82, 2.24) is 25.3 Å². The highest BCUT2D eigenvalue weighted by molar-refractivity contribution is 5.75. The molecular formula is C18H23N5O2. The van der Waals surface area contributed by atoms with Crippen molar-refractivity contribution in [3.63, 3.8) is 0 Å². The predicted molar refractivity (Wildman–Crippen MR) is 91.1 cm³/mol. The molecule has 2 fully saturated rings. The van der Waals surface area contributed by atoms with Crippen molar-refractivity contribution in [3.05, 3.63) is 41.8 Å². The van der Waals surface area contributed by atoms with Crippen LogP contribution in [0.25, 0.3) is 0 Å². The lowest BCUT2D eigenvalue weighted by atomic mass is 9.95. The van der Waals surface area contributed by atoms with Crippen molar-refractivity contribution >= 4 is 6.03 Å². The third-order valence-electron chi connectivity index (χ3n) is 5.02. The molecule has 132 valence electrons. The van der Waals surface area contributed by atoms with Crippen LogP contribution in [0.2, 0.25) is 0 Å². The largest absolute Gasteiger partial charge is 0.339 e. The first kappa shape index (κ1) is 16.1. The molecule has 0 bridgehead atoms.